The number of hydrogen-bond acceptors (Lipinski definition) is 11. The summed E-state index contributed by atoms with van der Waals surface area (Å²) in [6, 6.07) is 17.4. The van der Waals surface area contributed by atoms with Crippen LogP contribution in [0.5, 0.6) is 17.2 Å². The molecule has 3 aromatic carbocycles. The lowest BCUT2D eigenvalue weighted by molar-refractivity contribution is -0.384. The minimum atomic E-state index is -1.42. The Morgan fingerprint density at radius 1 is 1.02 bits per heavy atom. The molecular weight excluding hydrogens is 767 g/mol. The molecule has 1 heterocycles. The number of amides is 1. The van der Waals surface area contributed by atoms with Gasteiger partial charge in [-0.1, -0.05) is 43.1 Å². The van der Waals surface area contributed by atoms with Crippen molar-refractivity contribution in [2.45, 2.75) is 96.5 Å². The van der Waals surface area contributed by atoms with Gasteiger partial charge in [0.25, 0.3) is 5.69 Å². The van der Waals surface area contributed by atoms with Crippen LogP contribution in [0.15, 0.2) is 90.1 Å². The zero-order valence-electron chi connectivity index (χ0n) is 35.2. The van der Waals surface area contributed by atoms with Gasteiger partial charge < -0.3 is 34.0 Å². The summed E-state index contributed by atoms with van der Waals surface area (Å²) >= 11 is 0. The van der Waals surface area contributed by atoms with Gasteiger partial charge in [-0.05, 0) is 123 Å². The highest BCUT2D eigenvalue weighted by Gasteiger charge is 2.65. The van der Waals surface area contributed by atoms with Crippen LogP contribution < -0.4 is 9.47 Å². The van der Waals surface area contributed by atoms with Crippen LogP contribution in [-0.4, -0.2) is 77.1 Å². The second-order valence-corrected chi connectivity index (χ2v) is 16.0. The Kier molecular flexibility index (Phi) is 15.0. The van der Waals surface area contributed by atoms with Gasteiger partial charge in [0.2, 0.25) is 5.79 Å². The van der Waals surface area contributed by atoms with Gasteiger partial charge in [0.1, 0.15) is 29.9 Å². The molecule has 2 N–H and O–H groups in total. The minimum absolute atomic E-state index is 0.0193. The number of oxime groups is 1. The van der Waals surface area contributed by atoms with Crippen LogP contribution in [-0.2, 0) is 20.9 Å². The van der Waals surface area contributed by atoms with Crippen molar-refractivity contribution in [3.05, 3.63) is 117 Å². The number of nitro groups is 1. The van der Waals surface area contributed by atoms with Crippen LogP contribution in [0.4, 0.5) is 10.5 Å². The topological polar surface area (TPSA) is 162 Å². The maximum absolute atomic E-state index is 13.8. The number of nitrogens with zero attached hydrogens (tertiary/aromatic N) is 3. The molecular formula is C47H59N3O10. The van der Waals surface area contributed by atoms with Gasteiger partial charge in [0, 0.05) is 49.8 Å². The zero-order valence-corrected chi connectivity index (χ0v) is 35.2. The molecule has 6 unspecified atom stereocenters. The van der Waals surface area contributed by atoms with Gasteiger partial charge >= 0.3 is 6.09 Å². The Morgan fingerprint density at radius 3 is 2.40 bits per heavy atom. The summed E-state index contributed by atoms with van der Waals surface area (Å²) in [5, 5.41) is 35.9. The summed E-state index contributed by atoms with van der Waals surface area (Å²) < 4.78 is 26.2. The van der Waals surface area contributed by atoms with Crippen molar-refractivity contribution in [1.82, 2.24) is 4.90 Å². The van der Waals surface area contributed by atoms with Crippen LogP contribution in [0, 0.1) is 41.7 Å². The molecule has 0 saturated heterocycles. The molecule has 1 fully saturated rings. The highest BCUT2D eigenvalue weighted by atomic mass is 16.7. The minimum Gasteiger partial charge on any atom is -0.459 e. The predicted molar refractivity (Wildman–Crippen MR) is 228 cm³/mol. The average molecular weight is 826 g/mol. The average Bonchev–Trinajstić information content (AvgIpc) is 3.25. The van der Waals surface area contributed by atoms with E-state index in [1.165, 1.54) is 24.8 Å². The summed E-state index contributed by atoms with van der Waals surface area (Å²) in [5.74, 6) is -0.0807. The number of aliphatic hydroxyl groups is 2. The molecule has 0 bridgehead atoms. The van der Waals surface area contributed by atoms with Gasteiger partial charge in [-0.25, -0.2) is 4.79 Å². The third kappa shape index (κ3) is 9.53. The molecule has 0 aromatic heterocycles. The number of methoxy groups -OCH3 is 1. The van der Waals surface area contributed by atoms with Crippen molar-refractivity contribution in [3.8, 4) is 17.2 Å². The van der Waals surface area contributed by atoms with Crippen LogP contribution in [0.1, 0.15) is 86.5 Å². The summed E-state index contributed by atoms with van der Waals surface area (Å²) in [4.78, 5) is 32.5. The van der Waals surface area contributed by atoms with E-state index in [1.807, 2.05) is 37.3 Å². The second kappa shape index (κ2) is 20.3. The number of benzene rings is 3. The monoisotopic (exact) mass is 825 g/mol. The fourth-order valence-corrected chi connectivity index (χ4v) is 9.26. The van der Waals surface area contributed by atoms with Crippen molar-refractivity contribution in [1.29, 1.82) is 0 Å². The van der Waals surface area contributed by atoms with Gasteiger partial charge in [-0.2, -0.15) is 0 Å². The van der Waals surface area contributed by atoms with Crippen molar-refractivity contribution >= 4 is 17.5 Å². The number of aryl methyl sites for hydroxylation is 2. The molecule has 322 valence electrons. The highest BCUT2D eigenvalue weighted by molar-refractivity contribution is 6.03. The number of allylic oxidation sites excluding steroid dienone is 1. The lowest BCUT2D eigenvalue weighted by Gasteiger charge is -2.59. The number of nitro benzene ring substituents is 1. The number of unbranched alkanes of at least 4 members (excludes halogenated alkanes) is 2. The van der Waals surface area contributed by atoms with E-state index >= 15 is 0 Å². The number of carbonyl (C=O) groups is 1. The van der Waals surface area contributed by atoms with Crippen LogP contribution in [0.3, 0.4) is 0 Å². The summed E-state index contributed by atoms with van der Waals surface area (Å²) in [6.45, 7) is 10.8. The Morgan fingerprint density at radius 2 is 1.73 bits per heavy atom. The first kappa shape index (κ1) is 44.3. The molecule has 3 aliphatic rings. The van der Waals surface area contributed by atoms with E-state index in [4.69, 9.17) is 28.9 Å². The molecule has 0 radical (unpaired) electrons. The normalized spacial score (nSPS) is 23.4. The molecule has 13 heteroatoms. The Labute approximate surface area is 352 Å². The van der Waals surface area contributed by atoms with E-state index in [1.54, 1.807) is 23.1 Å². The Bertz CT molecular complexity index is 2030. The Hall–Kier alpha value is -5.24. The number of hydrogen-bond donors (Lipinski definition) is 2. The van der Waals surface area contributed by atoms with E-state index in [-0.39, 0.29) is 56.3 Å². The first-order valence-electron chi connectivity index (χ1n) is 21.1. The van der Waals surface area contributed by atoms with Crippen molar-refractivity contribution in [2.75, 3.05) is 33.5 Å². The second-order valence-electron chi connectivity index (χ2n) is 16.0. The SMILES string of the molecule is C=CCOC12Oc3ccc(Oc4ccc(C)c(C)c4)cc3C3C(CCCCO)C(CCCCO)C=C(C(=NOCc4ccc([N+](=O)[O-])cc4)CC1N(CCC)C(=O)OC)C32. The van der Waals surface area contributed by atoms with E-state index < -0.39 is 28.8 Å². The van der Waals surface area contributed by atoms with E-state index in [9.17, 15) is 25.1 Å². The fourth-order valence-electron chi connectivity index (χ4n) is 9.26. The fraction of sp³-hybridized carbons (Fsp3) is 0.489. The maximum Gasteiger partial charge on any atom is 0.409 e. The van der Waals surface area contributed by atoms with Gasteiger partial charge in [-0.15, -0.1) is 6.58 Å². The molecule has 2 aliphatic carbocycles. The molecule has 1 saturated carbocycles. The van der Waals surface area contributed by atoms with E-state index in [2.05, 4.69) is 32.6 Å². The van der Waals surface area contributed by atoms with Crippen LogP contribution in [0.2, 0.25) is 0 Å². The molecule has 0 spiro atoms. The molecule has 13 nitrogen and oxygen atoms in total. The molecule has 3 aromatic rings. The number of non-ortho nitro benzene ring substituents is 1. The number of carbonyl (C=O) groups excluding carboxylic acids is 1. The van der Waals surface area contributed by atoms with Crippen molar-refractivity contribution in [3.63, 3.8) is 0 Å². The number of aliphatic hydroxyl groups excluding tert-OH is 2. The van der Waals surface area contributed by atoms with E-state index in [0.717, 1.165) is 48.1 Å². The smallest absolute Gasteiger partial charge is 0.409 e. The highest BCUT2D eigenvalue weighted by Crippen LogP contribution is 2.62. The first-order chi connectivity index (χ1) is 29.1. The zero-order chi connectivity index (χ0) is 42.8. The van der Waals surface area contributed by atoms with Gasteiger partial charge in [-0.3, -0.25) is 15.0 Å². The quantitative estimate of drug-likeness (QED) is 0.0486. The Balaban J connectivity index is 1.56. The number of fused-ring (bicyclic) bond motifs is 2. The summed E-state index contributed by atoms with van der Waals surface area (Å²) in [6.07, 6.45) is 8.76. The lowest BCUT2D eigenvalue weighted by Crippen LogP contribution is -2.70. The molecule has 6 atom stereocenters. The number of rotatable bonds is 20. The van der Waals surface area contributed by atoms with Gasteiger partial charge in [0.05, 0.1) is 30.3 Å². The largest absolute Gasteiger partial charge is 0.459 e. The van der Waals surface area contributed by atoms with Gasteiger partial charge in [0.15, 0.2) is 0 Å². The summed E-state index contributed by atoms with van der Waals surface area (Å²) in [5.41, 5.74) is 5.44. The van der Waals surface area contributed by atoms with Crippen LogP contribution >= 0.6 is 0 Å². The third-order valence-corrected chi connectivity index (χ3v) is 12.2. The number of ether oxygens (including phenoxy) is 4. The predicted octanol–water partition coefficient (Wildman–Crippen LogP) is 9.32. The molecule has 1 amide bonds. The standard InChI is InChI=1S/C47H59N3O10/c1-6-22-49(46(53)56-5)43-29-41(48-58-30-33-15-17-35(18-16-33)50(54)55)39-27-34(12-8-10-23-51)38(13-9-11-24-52)44-40-28-37(59-36-19-14-31(3)32(4)26-36)20-21-42(40)60-47(43,45(39)44)57-25-7-2/h7,14-21,26-28,34,38,43-45,51-52H,2,6,8-13,22-25,29-30H2,1,3-5H3. The molecule has 60 heavy (non-hydrogen) atoms. The maximum atomic E-state index is 13.8. The van der Waals surface area contributed by atoms with E-state index in [0.29, 0.717) is 48.6 Å². The molecule has 1 aliphatic heterocycles. The lowest BCUT2D eigenvalue weighted by atomic mass is 9.55. The third-order valence-electron chi connectivity index (χ3n) is 12.2. The van der Waals surface area contributed by atoms with Crippen LogP contribution in [0.25, 0.3) is 0 Å². The van der Waals surface area contributed by atoms with Crippen molar-refractivity contribution < 1.29 is 43.7 Å². The van der Waals surface area contributed by atoms with Crippen molar-refractivity contribution in [2.24, 2.45) is 22.9 Å². The molecule has 6 rings (SSSR count). The summed E-state index contributed by atoms with van der Waals surface area (Å²) in [7, 11) is 1.37. The first-order valence-corrected chi connectivity index (χ1v) is 21.1.